The maximum absolute atomic E-state index is 6.12. The van der Waals surface area contributed by atoms with Crippen molar-refractivity contribution in [2.24, 2.45) is 0 Å². The number of unbranched alkanes of at least 4 members (excludes halogenated alkanes) is 1. The molecule has 0 bridgehead atoms. The van der Waals surface area contributed by atoms with Crippen molar-refractivity contribution in [1.82, 2.24) is 9.55 Å². The van der Waals surface area contributed by atoms with Gasteiger partial charge in [-0.1, -0.05) is 43.1 Å². The van der Waals surface area contributed by atoms with Crippen LogP contribution in [0, 0.1) is 0 Å². The highest BCUT2D eigenvalue weighted by Gasteiger charge is 2.03. The predicted molar refractivity (Wildman–Crippen MR) is 75.9 cm³/mol. The number of aromatic nitrogens is 2. The molecule has 2 rings (SSSR count). The van der Waals surface area contributed by atoms with Crippen molar-refractivity contribution in [3.8, 4) is 0 Å². The summed E-state index contributed by atoms with van der Waals surface area (Å²) < 4.78 is 2.14. The minimum Gasteiger partial charge on any atom is -0.352 e. The van der Waals surface area contributed by atoms with E-state index < -0.39 is 0 Å². The molecular formula is C14H18ClN3. The Kier molecular flexibility index (Phi) is 4.65. The molecule has 0 atom stereocenters. The first-order chi connectivity index (χ1) is 8.81. The Hall–Kier alpha value is -1.48. The van der Waals surface area contributed by atoms with Crippen LogP contribution in [-0.4, -0.2) is 9.55 Å². The minimum atomic E-state index is 0.697. The van der Waals surface area contributed by atoms with E-state index >= 15 is 0 Å². The molecule has 4 heteroatoms. The van der Waals surface area contributed by atoms with Gasteiger partial charge < -0.3 is 9.88 Å². The Morgan fingerprint density at radius 1 is 1.33 bits per heavy atom. The van der Waals surface area contributed by atoms with Gasteiger partial charge in [-0.15, -0.1) is 0 Å². The van der Waals surface area contributed by atoms with E-state index in [-0.39, 0.29) is 0 Å². The smallest absolute Gasteiger partial charge is 0.203 e. The Labute approximate surface area is 113 Å². The highest BCUT2D eigenvalue weighted by molar-refractivity contribution is 6.31. The third kappa shape index (κ3) is 3.26. The standard InChI is InChI=1S/C14H18ClN3/c1-2-3-9-18-10-8-16-14(18)17-11-12-6-4-5-7-13(12)15/h4-8,10H,2-3,9,11H2,1H3,(H,16,17). The lowest BCUT2D eigenvalue weighted by atomic mass is 10.2. The average molecular weight is 264 g/mol. The van der Waals surface area contributed by atoms with Gasteiger partial charge in [0.2, 0.25) is 5.95 Å². The molecule has 3 nitrogen and oxygen atoms in total. The van der Waals surface area contributed by atoms with E-state index in [0.29, 0.717) is 6.54 Å². The lowest BCUT2D eigenvalue weighted by molar-refractivity contribution is 0.635. The number of halogens is 1. The molecule has 0 aliphatic heterocycles. The molecule has 18 heavy (non-hydrogen) atoms. The topological polar surface area (TPSA) is 29.9 Å². The van der Waals surface area contributed by atoms with Crippen molar-refractivity contribution in [2.75, 3.05) is 5.32 Å². The zero-order valence-electron chi connectivity index (χ0n) is 10.6. The molecule has 0 unspecified atom stereocenters. The molecule has 96 valence electrons. The van der Waals surface area contributed by atoms with Crippen LogP contribution in [0.15, 0.2) is 36.7 Å². The Morgan fingerprint density at radius 2 is 2.17 bits per heavy atom. The fraction of sp³-hybridized carbons (Fsp3) is 0.357. The number of imidazole rings is 1. The fourth-order valence-corrected chi connectivity index (χ4v) is 2.00. The molecule has 1 heterocycles. The van der Waals surface area contributed by atoms with E-state index in [1.54, 1.807) is 0 Å². The highest BCUT2D eigenvalue weighted by atomic mass is 35.5. The summed E-state index contributed by atoms with van der Waals surface area (Å²) in [4.78, 5) is 4.32. The summed E-state index contributed by atoms with van der Waals surface area (Å²) in [5, 5.41) is 4.12. The van der Waals surface area contributed by atoms with Gasteiger partial charge in [-0.2, -0.15) is 0 Å². The molecule has 0 radical (unpaired) electrons. The van der Waals surface area contributed by atoms with E-state index in [9.17, 15) is 0 Å². The van der Waals surface area contributed by atoms with Gasteiger partial charge >= 0.3 is 0 Å². The number of nitrogens with one attached hydrogen (secondary N) is 1. The molecule has 0 aliphatic carbocycles. The minimum absolute atomic E-state index is 0.697. The Bertz CT molecular complexity index is 493. The SMILES string of the molecule is CCCCn1ccnc1NCc1ccccc1Cl. The van der Waals surface area contributed by atoms with Crippen molar-refractivity contribution in [1.29, 1.82) is 0 Å². The quantitative estimate of drug-likeness (QED) is 0.855. The molecule has 0 saturated heterocycles. The van der Waals surface area contributed by atoms with Crippen LogP contribution in [0.2, 0.25) is 5.02 Å². The lowest BCUT2D eigenvalue weighted by Gasteiger charge is -2.10. The average Bonchev–Trinajstić information content (AvgIpc) is 2.83. The van der Waals surface area contributed by atoms with Crippen LogP contribution < -0.4 is 5.32 Å². The van der Waals surface area contributed by atoms with E-state index in [0.717, 1.165) is 29.5 Å². The second-order valence-corrected chi connectivity index (χ2v) is 4.65. The van der Waals surface area contributed by atoms with Gasteiger partial charge in [0.1, 0.15) is 0 Å². The number of rotatable bonds is 6. The number of hydrogen-bond acceptors (Lipinski definition) is 2. The first-order valence-electron chi connectivity index (χ1n) is 6.29. The Balaban J connectivity index is 1.98. The van der Waals surface area contributed by atoms with Gasteiger partial charge in [-0.3, -0.25) is 0 Å². The van der Waals surface area contributed by atoms with Crippen LogP contribution in [0.3, 0.4) is 0 Å². The molecule has 0 spiro atoms. The van der Waals surface area contributed by atoms with Crippen molar-refractivity contribution < 1.29 is 0 Å². The summed E-state index contributed by atoms with van der Waals surface area (Å²) in [7, 11) is 0. The van der Waals surface area contributed by atoms with Crippen molar-refractivity contribution in [3.63, 3.8) is 0 Å². The molecule has 2 aromatic rings. The van der Waals surface area contributed by atoms with Crippen molar-refractivity contribution in [2.45, 2.75) is 32.9 Å². The zero-order chi connectivity index (χ0) is 12.8. The van der Waals surface area contributed by atoms with E-state index in [2.05, 4.69) is 21.8 Å². The highest BCUT2D eigenvalue weighted by Crippen LogP contribution is 2.16. The molecule has 0 aliphatic rings. The van der Waals surface area contributed by atoms with Crippen LogP contribution in [0.25, 0.3) is 0 Å². The monoisotopic (exact) mass is 263 g/mol. The fourth-order valence-electron chi connectivity index (χ4n) is 1.80. The van der Waals surface area contributed by atoms with Gasteiger partial charge in [-0.25, -0.2) is 4.98 Å². The summed E-state index contributed by atoms with van der Waals surface area (Å²) in [6, 6.07) is 7.86. The van der Waals surface area contributed by atoms with Gasteiger partial charge in [0.25, 0.3) is 0 Å². The van der Waals surface area contributed by atoms with Crippen LogP contribution in [0.4, 0.5) is 5.95 Å². The number of anilines is 1. The first-order valence-corrected chi connectivity index (χ1v) is 6.67. The van der Waals surface area contributed by atoms with Gasteiger partial charge in [0, 0.05) is 30.5 Å². The summed E-state index contributed by atoms with van der Waals surface area (Å²) in [5.74, 6) is 0.906. The molecular weight excluding hydrogens is 246 g/mol. The molecule has 0 saturated carbocycles. The maximum Gasteiger partial charge on any atom is 0.203 e. The third-order valence-electron chi connectivity index (χ3n) is 2.86. The molecule has 0 amide bonds. The molecule has 1 aromatic heterocycles. The van der Waals surface area contributed by atoms with Gasteiger partial charge in [0.05, 0.1) is 0 Å². The van der Waals surface area contributed by atoms with Gasteiger partial charge in [0.15, 0.2) is 0 Å². The number of aryl methyl sites for hydroxylation is 1. The van der Waals surface area contributed by atoms with Crippen LogP contribution >= 0.6 is 11.6 Å². The normalized spacial score (nSPS) is 10.6. The summed E-state index contributed by atoms with van der Waals surface area (Å²) in [6.45, 7) is 3.89. The number of benzene rings is 1. The largest absolute Gasteiger partial charge is 0.352 e. The summed E-state index contributed by atoms with van der Waals surface area (Å²) in [5.41, 5.74) is 1.09. The summed E-state index contributed by atoms with van der Waals surface area (Å²) >= 11 is 6.12. The molecule has 1 N–H and O–H groups in total. The van der Waals surface area contributed by atoms with Crippen molar-refractivity contribution >= 4 is 17.5 Å². The lowest BCUT2D eigenvalue weighted by Crippen LogP contribution is -2.07. The first kappa shape index (κ1) is 13.0. The van der Waals surface area contributed by atoms with Crippen molar-refractivity contribution in [3.05, 3.63) is 47.2 Å². The second-order valence-electron chi connectivity index (χ2n) is 4.24. The van der Waals surface area contributed by atoms with Crippen LogP contribution in [-0.2, 0) is 13.1 Å². The maximum atomic E-state index is 6.12. The number of hydrogen-bond donors (Lipinski definition) is 1. The molecule has 1 aromatic carbocycles. The van der Waals surface area contributed by atoms with Crippen LogP contribution in [0.5, 0.6) is 0 Å². The summed E-state index contributed by atoms with van der Waals surface area (Å²) in [6.07, 6.45) is 6.18. The second kappa shape index (κ2) is 6.45. The van der Waals surface area contributed by atoms with E-state index in [4.69, 9.17) is 11.6 Å². The van der Waals surface area contributed by atoms with Gasteiger partial charge in [-0.05, 0) is 18.1 Å². The van der Waals surface area contributed by atoms with Crippen LogP contribution in [0.1, 0.15) is 25.3 Å². The van der Waals surface area contributed by atoms with E-state index in [1.165, 1.54) is 6.42 Å². The van der Waals surface area contributed by atoms with E-state index in [1.807, 2.05) is 36.7 Å². The predicted octanol–water partition coefficient (Wildman–Crippen LogP) is 3.95. The molecule has 0 fully saturated rings. The zero-order valence-corrected chi connectivity index (χ0v) is 11.3. The number of nitrogens with zero attached hydrogens (tertiary/aromatic N) is 2. The Morgan fingerprint density at radius 3 is 2.94 bits per heavy atom. The third-order valence-corrected chi connectivity index (χ3v) is 3.23.